The van der Waals surface area contributed by atoms with Crippen LogP contribution in [0.2, 0.25) is 0 Å². The minimum Gasteiger partial charge on any atom is -0.478 e. The lowest BCUT2D eigenvalue weighted by molar-refractivity contribution is -0.131. The third kappa shape index (κ3) is 18.5. The molecule has 0 aromatic rings. The Kier molecular flexibility index (Phi) is 16.7. The molecule has 0 aromatic carbocycles. The maximum atomic E-state index is 11.2. The first kappa shape index (κ1) is 22.5. The second kappa shape index (κ2) is 17.8. The first-order chi connectivity index (χ1) is 11.7. The highest BCUT2D eigenvalue weighted by atomic mass is 16.4. The number of hydrogen-bond acceptors (Lipinski definition) is 2. The summed E-state index contributed by atoms with van der Waals surface area (Å²) in [6.45, 7) is 3.36. The molecular formula is C19H36N2O3. The first-order valence-electron chi connectivity index (χ1n) is 9.58. The summed E-state index contributed by atoms with van der Waals surface area (Å²) >= 11 is 0. The molecule has 0 bridgehead atoms. The molecular weight excluding hydrogens is 304 g/mol. The van der Waals surface area contributed by atoms with E-state index in [0.29, 0.717) is 6.54 Å². The molecule has 140 valence electrons. The molecule has 3 N–H and O–H groups in total. The van der Waals surface area contributed by atoms with Gasteiger partial charge in [0.2, 0.25) is 0 Å². The highest BCUT2D eigenvalue weighted by molar-refractivity contribution is 5.79. The molecule has 0 fully saturated rings. The van der Waals surface area contributed by atoms with E-state index < -0.39 is 5.97 Å². The lowest BCUT2D eigenvalue weighted by atomic mass is 10.1. The van der Waals surface area contributed by atoms with Gasteiger partial charge in [0.15, 0.2) is 0 Å². The maximum Gasteiger partial charge on any atom is 0.327 e. The van der Waals surface area contributed by atoms with Gasteiger partial charge in [-0.25, -0.2) is 9.59 Å². The molecule has 0 radical (unpaired) electrons. The van der Waals surface area contributed by atoms with Crippen LogP contribution in [0.3, 0.4) is 0 Å². The van der Waals surface area contributed by atoms with Crippen molar-refractivity contribution in [3.8, 4) is 0 Å². The minimum absolute atomic E-state index is 0.0598. The van der Waals surface area contributed by atoms with Crippen molar-refractivity contribution in [3.63, 3.8) is 0 Å². The van der Waals surface area contributed by atoms with E-state index in [2.05, 4.69) is 10.6 Å². The molecule has 24 heavy (non-hydrogen) atoms. The summed E-state index contributed by atoms with van der Waals surface area (Å²) in [5, 5.41) is 14.0. The number of nitrogens with one attached hydrogen (secondary N) is 2. The number of hydrogen-bond donors (Lipinski definition) is 3. The molecule has 0 saturated carbocycles. The molecule has 0 unspecified atom stereocenters. The van der Waals surface area contributed by atoms with Crippen LogP contribution in [0.4, 0.5) is 4.79 Å². The second-order valence-corrected chi connectivity index (χ2v) is 6.20. The van der Waals surface area contributed by atoms with E-state index >= 15 is 0 Å². The number of carbonyl (C=O) groups excluding carboxylic acids is 1. The lowest BCUT2D eigenvalue weighted by Crippen LogP contribution is -2.35. The number of unbranched alkanes of at least 4 members (excludes halogenated alkanes) is 11. The monoisotopic (exact) mass is 340 g/mol. The van der Waals surface area contributed by atoms with E-state index in [1.807, 2.05) is 6.92 Å². The fourth-order valence-electron chi connectivity index (χ4n) is 2.59. The van der Waals surface area contributed by atoms with E-state index in [0.717, 1.165) is 25.8 Å². The zero-order valence-corrected chi connectivity index (χ0v) is 15.3. The van der Waals surface area contributed by atoms with Crippen molar-refractivity contribution in [2.75, 3.05) is 13.1 Å². The van der Waals surface area contributed by atoms with Gasteiger partial charge < -0.3 is 15.7 Å². The van der Waals surface area contributed by atoms with E-state index in [1.54, 1.807) is 6.08 Å². The van der Waals surface area contributed by atoms with Crippen LogP contribution in [-0.4, -0.2) is 30.2 Å². The number of carboxylic acids is 1. The standard InChI is InChI=1S/C19H36N2O3/c1-2-20-19(24)21-17-15-13-11-9-7-5-3-4-6-8-10-12-14-16-18(22)23/h14,16H,2-13,15,17H2,1H3,(H,22,23)(H2,20,21,24). The van der Waals surface area contributed by atoms with Crippen LogP contribution in [0, 0.1) is 0 Å². The number of carboxylic acid groups (broad SMARTS) is 1. The molecule has 0 heterocycles. The van der Waals surface area contributed by atoms with Crippen LogP contribution in [0.1, 0.15) is 84.0 Å². The average Bonchev–Trinajstić information content (AvgIpc) is 2.54. The Balaban J connectivity index is 3.10. The second-order valence-electron chi connectivity index (χ2n) is 6.20. The number of urea groups is 1. The van der Waals surface area contributed by atoms with Gasteiger partial charge in [0.1, 0.15) is 0 Å². The molecule has 0 aliphatic carbocycles. The molecule has 0 aliphatic rings. The third-order valence-electron chi connectivity index (χ3n) is 3.93. The van der Waals surface area contributed by atoms with Crippen LogP contribution in [0.15, 0.2) is 12.2 Å². The molecule has 0 atom stereocenters. The predicted octanol–water partition coefficient (Wildman–Crippen LogP) is 4.63. The summed E-state index contributed by atoms with van der Waals surface area (Å²) in [6, 6.07) is -0.0598. The zero-order chi connectivity index (χ0) is 17.9. The number of allylic oxidation sites excluding steroid dienone is 1. The van der Waals surface area contributed by atoms with E-state index in [-0.39, 0.29) is 6.03 Å². The molecule has 5 nitrogen and oxygen atoms in total. The largest absolute Gasteiger partial charge is 0.478 e. The molecule has 0 aliphatic heterocycles. The molecule has 0 aromatic heterocycles. The van der Waals surface area contributed by atoms with Gasteiger partial charge in [-0.05, 0) is 26.2 Å². The third-order valence-corrected chi connectivity index (χ3v) is 3.93. The van der Waals surface area contributed by atoms with Gasteiger partial charge in [-0.3, -0.25) is 0 Å². The van der Waals surface area contributed by atoms with Gasteiger partial charge in [0, 0.05) is 19.2 Å². The van der Waals surface area contributed by atoms with Crippen molar-refractivity contribution in [1.82, 2.24) is 10.6 Å². The molecule has 0 saturated heterocycles. The summed E-state index contributed by atoms with van der Waals surface area (Å²) in [7, 11) is 0. The predicted molar refractivity (Wildman–Crippen MR) is 99.3 cm³/mol. The van der Waals surface area contributed by atoms with Crippen molar-refractivity contribution >= 4 is 12.0 Å². The Bertz CT molecular complexity index is 344. The van der Waals surface area contributed by atoms with Crippen LogP contribution in [0.25, 0.3) is 0 Å². The summed E-state index contributed by atoms with van der Waals surface area (Å²) in [5.74, 6) is -0.853. The highest BCUT2D eigenvalue weighted by Crippen LogP contribution is 2.12. The summed E-state index contributed by atoms with van der Waals surface area (Å²) in [4.78, 5) is 21.4. The minimum atomic E-state index is -0.853. The topological polar surface area (TPSA) is 78.4 Å². The molecule has 5 heteroatoms. The van der Waals surface area contributed by atoms with Crippen LogP contribution >= 0.6 is 0 Å². The Morgan fingerprint density at radius 1 is 0.792 bits per heavy atom. The summed E-state index contributed by atoms with van der Waals surface area (Å²) in [5.41, 5.74) is 0. The molecule has 0 rings (SSSR count). The number of rotatable bonds is 16. The Labute approximate surface area is 147 Å². The van der Waals surface area contributed by atoms with Crippen molar-refractivity contribution in [3.05, 3.63) is 12.2 Å². The van der Waals surface area contributed by atoms with Crippen LogP contribution in [-0.2, 0) is 4.79 Å². The van der Waals surface area contributed by atoms with Gasteiger partial charge in [0.05, 0.1) is 0 Å². The Morgan fingerprint density at radius 3 is 1.79 bits per heavy atom. The summed E-state index contributed by atoms with van der Waals surface area (Å²) < 4.78 is 0. The zero-order valence-electron chi connectivity index (χ0n) is 15.3. The fraction of sp³-hybridized carbons (Fsp3) is 0.789. The Morgan fingerprint density at radius 2 is 1.29 bits per heavy atom. The lowest BCUT2D eigenvalue weighted by Gasteiger charge is -2.05. The van der Waals surface area contributed by atoms with Gasteiger partial charge in [-0.1, -0.05) is 63.9 Å². The van der Waals surface area contributed by atoms with Gasteiger partial charge in [-0.15, -0.1) is 0 Å². The van der Waals surface area contributed by atoms with E-state index in [9.17, 15) is 9.59 Å². The number of aliphatic carboxylic acids is 1. The number of amides is 2. The average molecular weight is 341 g/mol. The number of carbonyl (C=O) groups is 2. The van der Waals surface area contributed by atoms with Gasteiger partial charge in [0.25, 0.3) is 0 Å². The Hall–Kier alpha value is -1.52. The van der Waals surface area contributed by atoms with Crippen molar-refractivity contribution < 1.29 is 14.7 Å². The fourth-order valence-corrected chi connectivity index (χ4v) is 2.59. The van der Waals surface area contributed by atoms with Gasteiger partial charge in [-0.2, -0.15) is 0 Å². The molecule has 2 amide bonds. The van der Waals surface area contributed by atoms with E-state index in [1.165, 1.54) is 63.9 Å². The summed E-state index contributed by atoms with van der Waals surface area (Å²) in [6.07, 6.45) is 17.4. The highest BCUT2D eigenvalue weighted by Gasteiger charge is 1.96. The van der Waals surface area contributed by atoms with Crippen molar-refractivity contribution in [2.45, 2.75) is 84.0 Å². The quantitative estimate of drug-likeness (QED) is 0.283. The smallest absolute Gasteiger partial charge is 0.327 e. The van der Waals surface area contributed by atoms with Gasteiger partial charge >= 0.3 is 12.0 Å². The van der Waals surface area contributed by atoms with Crippen LogP contribution < -0.4 is 10.6 Å². The SMILES string of the molecule is CCNC(=O)NCCCCCCCCCCCCCC=CC(=O)O. The van der Waals surface area contributed by atoms with E-state index in [4.69, 9.17) is 5.11 Å². The molecule has 0 spiro atoms. The maximum absolute atomic E-state index is 11.2. The normalized spacial score (nSPS) is 10.9. The van der Waals surface area contributed by atoms with Crippen LogP contribution in [0.5, 0.6) is 0 Å². The van der Waals surface area contributed by atoms with Crippen molar-refractivity contribution in [1.29, 1.82) is 0 Å². The van der Waals surface area contributed by atoms with Crippen molar-refractivity contribution in [2.24, 2.45) is 0 Å². The first-order valence-corrected chi connectivity index (χ1v) is 9.58.